The summed E-state index contributed by atoms with van der Waals surface area (Å²) in [6.07, 6.45) is 0. The van der Waals surface area contributed by atoms with Crippen LogP contribution in [0.15, 0.2) is 24.3 Å². The lowest BCUT2D eigenvalue weighted by Crippen LogP contribution is -2.44. The lowest BCUT2D eigenvalue weighted by Gasteiger charge is -2.19. The summed E-state index contributed by atoms with van der Waals surface area (Å²) in [4.78, 5) is 10.3. The van der Waals surface area contributed by atoms with Crippen LogP contribution in [0.5, 0.6) is 0 Å². The van der Waals surface area contributed by atoms with Crippen molar-refractivity contribution in [1.82, 2.24) is 0 Å². The molecule has 0 aliphatic carbocycles. The van der Waals surface area contributed by atoms with E-state index in [9.17, 15) is 4.79 Å². The lowest BCUT2D eigenvalue weighted by atomic mass is 10.2. The second-order valence-corrected chi connectivity index (χ2v) is 7.42. The van der Waals surface area contributed by atoms with Crippen molar-refractivity contribution in [1.29, 1.82) is 0 Å². The summed E-state index contributed by atoms with van der Waals surface area (Å²) in [5, 5.41) is 1.14. The smallest absolute Gasteiger partial charge is 0.280 e. The van der Waals surface area contributed by atoms with Crippen LogP contribution in [0.3, 0.4) is 0 Å². The van der Waals surface area contributed by atoms with Gasteiger partial charge in [0.25, 0.3) is 14.8 Å². The van der Waals surface area contributed by atoms with Gasteiger partial charge in [-0.1, -0.05) is 29.8 Å². The van der Waals surface area contributed by atoms with Crippen LogP contribution in [0.25, 0.3) is 0 Å². The van der Waals surface area contributed by atoms with E-state index >= 15 is 0 Å². The zero-order valence-electron chi connectivity index (χ0n) is 8.20. The molecule has 0 amide bonds. The molecule has 0 unspecified atom stereocenters. The highest BCUT2D eigenvalue weighted by Gasteiger charge is 2.25. The summed E-state index contributed by atoms with van der Waals surface area (Å²) in [6, 6.07) is 8.15. The van der Waals surface area contributed by atoms with Gasteiger partial charge in [0.1, 0.15) is 0 Å². The molecule has 0 N–H and O–H groups in total. The molecule has 0 heterocycles. The van der Waals surface area contributed by atoms with Gasteiger partial charge in [-0.3, -0.25) is 4.79 Å². The monoisotopic (exact) mass is 194 g/mol. The van der Waals surface area contributed by atoms with Crippen LogP contribution in [0.2, 0.25) is 13.1 Å². The number of rotatable bonds is 3. The molecule has 3 heteroatoms. The van der Waals surface area contributed by atoms with E-state index in [1.54, 1.807) is 0 Å². The van der Waals surface area contributed by atoms with E-state index in [2.05, 4.69) is 0 Å². The molecule has 0 aliphatic heterocycles. The maximum atomic E-state index is 10.3. The van der Waals surface area contributed by atoms with Crippen molar-refractivity contribution in [2.75, 3.05) is 0 Å². The molecule has 0 aromatic heterocycles. The van der Waals surface area contributed by atoms with E-state index in [1.165, 1.54) is 5.56 Å². The molecule has 0 spiro atoms. The Balaban J connectivity index is 2.93. The first-order valence-electron chi connectivity index (χ1n) is 4.25. The van der Waals surface area contributed by atoms with Gasteiger partial charge >= 0.3 is 0 Å². The normalized spacial score (nSPS) is 11.0. The third-order valence-electron chi connectivity index (χ3n) is 2.09. The molecule has 0 saturated carbocycles. The van der Waals surface area contributed by atoms with Crippen LogP contribution < -0.4 is 5.19 Å². The van der Waals surface area contributed by atoms with Gasteiger partial charge in [-0.25, -0.2) is 0 Å². The second-order valence-electron chi connectivity index (χ2n) is 3.59. The number of aryl methyl sites for hydroxylation is 1. The predicted molar refractivity (Wildman–Crippen MR) is 55.4 cm³/mol. The van der Waals surface area contributed by atoms with Crippen molar-refractivity contribution in [3.8, 4) is 0 Å². The number of hydrogen-bond donors (Lipinski definition) is 0. The quantitative estimate of drug-likeness (QED) is 0.539. The third-order valence-corrected chi connectivity index (χ3v) is 4.50. The summed E-state index contributed by atoms with van der Waals surface area (Å²) in [6.45, 7) is 6.60. The Bertz CT molecular complexity index is 290. The molecule has 0 atom stereocenters. The van der Waals surface area contributed by atoms with E-state index in [0.717, 1.165) is 5.19 Å². The van der Waals surface area contributed by atoms with E-state index in [4.69, 9.17) is 4.43 Å². The minimum Gasteiger partial charge on any atom is -0.517 e. The molecule has 0 fully saturated rings. The highest BCUT2D eigenvalue weighted by atomic mass is 28.4. The van der Waals surface area contributed by atoms with Crippen LogP contribution in [0, 0.1) is 6.92 Å². The van der Waals surface area contributed by atoms with Crippen molar-refractivity contribution >= 4 is 20.0 Å². The molecule has 1 aromatic rings. The molecule has 2 nitrogen and oxygen atoms in total. The standard InChI is InChI=1S/C10H14O2Si/c1-9-4-6-10(7-5-9)13(2,3)12-8-11/h4-8H,1-3H3. The van der Waals surface area contributed by atoms with Gasteiger partial charge in [-0.15, -0.1) is 0 Å². The Labute approximate surface area is 79.7 Å². The Morgan fingerprint density at radius 1 is 1.23 bits per heavy atom. The molecule has 13 heavy (non-hydrogen) atoms. The zero-order valence-corrected chi connectivity index (χ0v) is 9.20. The molecule has 0 radical (unpaired) electrons. The van der Waals surface area contributed by atoms with Gasteiger partial charge in [-0.2, -0.15) is 0 Å². The SMILES string of the molecule is Cc1ccc([Si](C)(C)OC=O)cc1. The third kappa shape index (κ3) is 2.42. The Hall–Kier alpha value is -1.09. The fourth-order valence-corrected chi connectivity index (χ4v) is 2.49. The summed E-state index contributed by atoms with van der Waals surface area (Å²) >= 11 is 0. The molecule has 1 rings (SSSR count). The molecule has 0 saturated heterocycles. The van der Waals surface area contributed by atoms with Crippen LogP contribution in [0.1, 0.15) is 5.56 Å². The molecule has 1 aromatic carbocycles. The minimum atomic E-state index is -1.97. The first-order chi connectivity index (χ1) is 6.06. The Morgan fingerprint density at radius 2 is 1.77 bits per heavy atom. The highest BCUT2D eigenvalue weighted by molar-refractivity contribution is 6.85. The van der Waals surface area contributed by atoms with Crippen molar-refractivity contribution in [3.05, 3.63) is 29.8 Å². The maximum absolute atomic E-state index is 10.3. The topological polar surface area (TPSA) is 26.3 Å². The molecular weight excluding hydrogens is 180 g/mol. The van der Waals surface area contributed by atoms with Crippen LogP contribution in [-0.2, 0) is 9.22 Å². The van der Waals surface area contributed by atoms with Crippen LogP contribution in [0.4, 0.5) is 0 Å². The van der Waals surface area contributed by atoms with Gasteiger partial charge in [0, 0.05) is 0 Å². The van der Waals surface area contributed by atoms with Crippen molar-refractivity contribution < 1.29 is 9.22 Å². The predicted octanol–water partition coefficient (Wildman–Crippen LogP) is 1.58. The summed E-state index contributed by atoms with van der Waals surface area (Å²) < 4.78 is 5.11. The fraction of sp³-hybridized carbons (Fsp3) is 0.300. The van der Waals surface area contributed by atoms with E-state index < -0.39 is 8.32 Å². The number of carbonyl (C=O) groups is 1. The highest BCUT2D eigenvalue weighted by Crippen LogP contribution is 2.04. The maximum Gasteiger partial charge on any atom is 0.280 e. The fourth-order valence-electron chi connectivity index (χ4n) is 1.14. The average Bonchev–Trinajstić information content (AvgIpc) is 2.05. The molecule has 0 bridgehead atoms. The van der Waals surface area contributed by atoms with Gasteiger partial charge in [0.15, 0.2) is 0 Å². The number of benzene rings is 1. The second kappa shape index (κ2) is 3.74. The minimum absolute atomic E-state index is 0.548. The molecular formula is C10H14O2Si. The average molecular weight is 194 g/mol. The van der Waals surface area contributed by atoms with Crippen molar-refractivity contribution in [2.24, 2.45) is 0 Å². The van der Waals surface area contributed by atoms with Gasteiger partial charge in [0.2, 0.25) is 0 Å². The van der Waals surface area contributed by atoms with E-state index in [-0.39, 0.29) is 0 Å². The largest absolute Gasteiger partial charge is 0.517 e. The lowest BCUT2D eigenvalue weighted by molar-refractivity contribution is -0.121. The zero-order chi connectivity index (χ0) is 9.90. The van der Waals surface area contributed by atoms with Gasteiger partial charge < -0.3 is 4.43 Å². The van der Waals surface area contributed by atoms with E-state index in [0.29, 0.717) is 6.47 Å². The van der Waals surface area contributed by atoms with Gasteiger partial charge in [0.05, 0.1) is 0 Å². The molecule has 70 valence electrons. The van der Waals surface area contributed by atoms with Crippen molar-refractivity contribution in [2.45, 2.75) is 20.0 Å². The van der Waals surface area contributed by atoms with Crippen LogP contribution in [-0.4, -0.2) is 14.8 Å². The first kappa shape index (κ1) is 9.99. The van der Waals surface area contributed by atoms with Crippen LogP contribution >= 0.6 is 0 Å². The van der Waals surface area contributed by atoms with Crippen molar-refractivity contribution in [3.63, 3.8) is 0 Å². The summed E-state index contributed by atoms with van der Waals surface area (Å²) in [5.74, 6) is 0. The van der Waals surface area contributed by atoms with E-state index in [1.807, 2.05) is 44.3 Å². The number of hydrogen-bond acceptors (Lipinski definition) is 2. The summed E-state index contributed by atoms with van der Waals surface area (Å²) in [5.41, 5.74) is 1.22. The number of carbonyl (C=O) groups excluding carboxylic acids is 1. The summed E-state index contributed by atoms with van der Waals surface area (Å²) in [7, 11) is -1.97. The Morgan fingerprint density at radius 3 is 2.23 bits per heavy atom. The molecule has 0 aliphatic rings. The Kier molecular flexibility index (Phi) is 2.88. The van der Waals surface area contributed by atoms with Gasteiger partial charge in [-0.05, 0) is 25.2 Å². The first-order valence-corrected chi connectivity index (χ1v) is 7.16.